The molecule has 1 aliphatic heterocycles. The van der Waals surface area contributed by atoms with Crippen LogP contribution in [0.25, 0.3) is 0 Å². The molecule has 2 atom stereocenters. The number of alkyl halides is 3. The van der Waals surface area contributed by atoms with E-state index in [1.54, 1.807) is 0 Å². The van der Waals surface area contributed by atoms with E-state index in [1.165, 1.54) is 32.4 Å². The van der Waals surface area contributed by atoms with Gasteiger partial charge in [-0.25, -0.2) is 0 Å². The predicted molar refractivity (Wildman–Crippen MR) is 79.3 cm³/mol. The zero-order chi connectivity index (χ0) is 15.1. The molecule has 1 saturated heterocycles. The van der Waals surface area contributed by atoms with Gasteiger partial charge in [0, 0.05) is 0 Å². The van der Waals surface area contributed by atoms with Crippen molar-refractivity contribution in [3.63, 3.8) is 0 Å². The van der Waals surface area contributed by atoms with E-state index in [1.807, 2.05) is 0 Å². The normalized spacial score (nSPS) is 28.7. The Bertz CT molecular complexity index is 288. The molecule has 0 aromatic heterocycles. The Hall–Kier alpha value is -0.290. The monoisotopic (exact) mass is 306 g/mol. The van der Waals surface area contributed by atoms with E-state index < -0.39 is 12.1 Å². The van der Waals surface area contributed by atoms with E-state index in [0.29, 0.717) is 12.8 Å². The van der Waals surface area contributed by atoms with Gasteiger partial charge in [-0.1, -0.05) is 12.8 Å². The number of likely N-dealkylation sites (tertiary alicyclic amines) is 1. The molecule has 0 aromatic rings. The number of piperidine rings is 1. The number of hydrogen-bond acceptors (Lipinski definition) is 2. The van der Waals surface area contributed by atoms with Crippen LogP contribution in [0.3, 0.4) is 0 Å². The molecule has 0 radical (unpaired) electrons. The maximum atomic E-state index is 12.7. The van der Waals surface area contributed by atoms with Crippen molar-refractivity contribution >= 4 is 0 Å². The first kappa shape index (κ1) is 17.1. The second-order valence-corrected chi connectivity index (χ2v) is 6.73. The Morgan fingerprint density at radius 3 is 2.48 bits per heavy atom. The van der Waals surface area contributed by atoms with E-state index >= 15 is 0 Å². The number of rotatable bonds is 6. The molecular weight excluding hydrogens is 277 g/mol. The van der Waals surface area contributed by atoms with E-state index in [4.69, 9.17) is 0 Å². The molecule has 1 N–H and O–H groups in total. The summed E-state index contributed by atoms with van der Waals surface area (Å²) in [5, 5.41) is 3.37. The SMILES string of the molecule is FC(F)(F)C1CCCC(CNCCCN2CCCCC2)C1. The maximum absolute atomic E-state index is 12.7. The quantitative estimate of drug-likeness (QED) is 0.751. The molecule has 0 bridgehead atoms. The second-order valence-electron chi connectivity index (χ2n) is 6.73. The van der Waals surface area contributed by atoms with E-state index in [2.05, 4.69) is 10.2 Å². The Morgan fingerprint density at radius 1 is 1.00 bits per heavy atom. The molecule has 124 valence electrons. The number of nitrogens with one attached hydrogen (secondary N) is 1. The van der Waals surface area contributed by atoms with Crippen molar-refractivity contribution < 1.29 is 13.2 Å². The lowest BCUT2D eigenvalue weighted by Gasteiger charge is -2.31. The van der Waals surface area contributed by atoms with Gasteiger partial charge in [-0.3, -0.25) is 0 Å². The van der Waals surface area contributed by atoms with Crippen molar-refractivity contribution in [2.45, 2.75) is 57.5 Å². The van der Waals surface area contributed by atoms with Gasteiger partial charge >= 0.3 is 6.18 Å². The van der Waals surface area contributed by atoms with E-state index in [0.717, 1.165) is 38.9 Å². The highest BCUT2D eigenvalue weighted by atomic mass is 19.4. The molecule has 1 saturated carbocycles. The standard InChI is InChI=1S/C16H29F3N2/c17-16(18,19)15-7-4-6-14(12-15)13-20-8-5-11-21-9-2-1-3-10-21/h14-15,20H,1-13H2. The minimum Gasteiger partial charge on any atom is -0.316 e. The summed E-state index contributed by atoms with van der Waals surface area (Å²) in [6.07, 6.45) is 3.43. The third-order valence-electron chi connectivity index (χ3n) is 4.96. The van der Waals surface area contributed by atoms with Gasteiger partial charge in [-0.2, -0.15) is 13.2 Å². The molecule has 2 rings (SSSR count). The average molecular weight is 306 g/mol. The number of halogens is 3. The third-order valence-corrected chi connectivity index (χ3v) is 4.96. The van der Waals surface area contributed by atoms with Crippen LogP contribution in [-0.2, 0) is 0 Å². The van der Waals surface area contributed by atoms with Gasteiger partial charge in [0.05, 0.1) is 5.92 Å². The molecule has 1 heterocycles. The zero-order valence-corrected chi connectivity index (χ0v) is 12.9. The van der Waals surface area contributed by atoms with Gasteiger partial charge < -0.3 is 10.2 Å². The Kier molecular flexibility index (Phi) is 6.80. The van der Waals surface area contributed by atoms with Crippen molar-refractivity contribution in [3.05, 3.63) is 0 Å². The van der Waals surface area contributed by atoms with Gasteiger partial charge in [0.2, 0.25) is 0 Å². The number of nitrogens with zero attached hydrogens (tertiary/aromatic N) is 1. The molecule has 1 aliphatic carbocycles. The molecule has 5 heteroatoms. The summed E-state index contributed by atoms with van der Waals surface area (Å²) in [6, 6.07) is 0. The highest BCUT2D eigenvalue weighted by Crippen LogP contribution is 2.39. The van der Waals surface area contributed by atoms with Crippen LogP contribution in [0.15, 0.2) is 0 Å². The van der Waals surface area contributed by atoms with Crippen LogP contribution < -0.4 is 5.32 Å². The average Bonchev–Trinajstić information content (AvgIpc) is 2.47. The summed E-state index contributed by atoms with van der Waals surface area (Å²) in [6.45, 7) is 5.25. The lowest BCUT2D eigenvalue weighted by Crippen LogP contribution is -2.35. The van der Waals surface area contributed by atoms with Gasteiger partial charge in [-0.05, 0) is 77.2 Å². The lowest BCUT2D eigenvalue weighted by molar-refractivity contribution is -0.185. The molecule has 2 unspecified atom stereocenters. The third kappa shape index (κ3) is 6.15. The molecule has 0 spiro atoms. The molecule has 2 nitrogen and oxygen atoms in total. The summed E-state index contributed by atoms with van der Waals surface area (Å²) >= 11 is 0. The summed E-state index contributed by atoms with van der Waals surface area (Å²) in [7, 11) is 0. The molecule has 21 heavy (non-hydrogen) atoms. The van der Waals surface area contributed by atoms with Gasteiger partial charge in [-0.15, -0.1) is 0 Å². The first-order valence-corrected chi connectivity index (χ1v) is 8.55. The van der Waals surface area contributed by atoms with Crippen LogP contribution in [0.5, 0.6) is 0 Å². The van der Waals surface area contributed by atoms with Crippen molar-refractivity contribution in [1.82, 2.24) is 10.2 Å². The highest BCUT2D eigenvalue weighted by molar-refractivity contribution is 4.79. The van der Waals surface area contributed by atoms with Crippen LogP contribution in [0.2, 0.25) is 0 Å². The van der Waals surface area contributed by atoms with Crippen molar-refractivity contribution in [3.8, 4) is 0 Å². The fourth-order valence-electron chi connectivity index (χ4n) is 3.69. The largest absolute Gasteiger partial charge is 0.391 e. The van der Waals surface area contributed by atoms with Crippen LogP contribution in [0.4, 0.5) is 13.2 Å². The molecule has 0 amide bonds. The summed E-state index contributed by atoms with van der Waals surface area (Å²) < 4.78 is 38.2. The Labute approximate surface area is 126 Å². The Balaban J connectivity index is 1.54. The lowest BCUT2D eigenvalue weighted by atomic mass is 9.81. The second kappa shape index (κ2) is 8.37. The first-order chi connectivity index (χ1) is 10.1. The van der Waals surface area contributed by atoms with Gasteiger partial charge in [0.15, 0.2) is 0 Å². The van der Waals surface area contributed by atoms with Crippen LogP contribution in [-0.4, -0.2) is 43.8 Å². The molecule has 2 fully saturated rings. The highest BCUT2D eigenvalue weighted by Gasteiger charge is 2.41. The van der Waals surface area contributed by atoms with E-state index in [-0.39, 0.29) is 5.92 Å². The number of hydrogen-bond donors (Lipinski definition) is 1. The molecule has 2 aliphatic rings. The van der Waals surface area contributed by atoms with Gasteiger partial charge in [0.1, 0.15) is 0 Å². The fraction of sp³-hybridized carbons (Fsp3) is 1.00. The van der Waals surface area contributed by atoms with Gasteiger partial charge in [0.25, 0.3) is 0 Å². The van der Waals surface area contributed by atoms with E-state index in [9.17, 15) is 13.2 Å². The minimum absolute atomic E-state index is 0.209. The molecular formula is C16H29F3N2. The minimum atomic E-state index is -3.99. The topological polar surface area (TPSA) is 15.3 Å². The van der Waals surface area contributed by atoms with Crippen molar-refractivity contribution in [1.29, 1.82) is 0 Å². The van der Waals surface area contributed by atoms with Crippen LogP contribution >= 0.6 is 0 Å². The summed E-state index contributed by atoms with van der Waals surface area (Å²) in [5.74, 6) is -0.855. The van der Waals surface area contributed by atoms with Crippen LogP contribution in [0, 0.1) is 11.8 Å². The maximum Gasteiger partial charge on any atom is 0.391 e. The molecule has 0 aromatic carbocycles. The van der Waals surface area contributed by atoms with Crippen molar-refractivity contribution in [2.24, 2.45) is 11.8 Å². The smallest absolute Gasteiger partial charge is 0.316 e. The van der Waals surface area contributed by atoms with Crippen LogP contribution in [0.1, 0.15) is 51.4 Å². The van der Waals surface area contributed by atoms with Crippen molar-refractivity contribution in [2.75, 3.05) is 32.7 Å². The summed E-state index contributed by atoms with van der Waals surface area (Å²) in [4.78, 5) is 2.51. The first-order valence-electron chi connectivity index (χ1n) is 8.55. The summed E-state index contributed by atoms with van der Waals surface area (Å²) in [5.41, 5.74) is 0. The fourth-order valence-corrected chi connectivity index (χ4v) is 3.69. The Morgan fingerprint density at radius 2 is 1.76 bits per heavy atom. The predicted octanol–water partition coefficient (Wildman–Crippen LogP) is 3.82. The zero-order valence-electron chi connectivity index (χ0n) is 12.9.